The van der Waals surface area contributed by atoms with E-state index >= 15 is 0 Å². The van der Waals surface area contributed by atoms with Gasteiger partial charge in [0, 0.05) is 6.54 Å². The quantitative estimate of drug-likeness (QED) is 0.663. The highest BCUT2D eigenvalue weighted by molar-refractivity contribution is 7.71. The van der Waals surface area contributed by atoms with Gasteiger partial charge < -0.3 is 9.55 Å². The minimum absolute atomic E-state index is 0.640. The Morgan fingerprint density at radius 3 is 3.05 bits per heavy atom. The molecule has 3 rings (SSSR count). The molecule has 4 heteroatoms. The van der Waals surface area contributed by atoms with Gasteiger partial charge in [-0.25, -0.2) is 0 Å². The lowest BCUT2D eigenvalue weighted by molar-refractivity contribution is 0.413. The second-order valence-corrected chi connectivity index (χ2v) is 5.42. The van der Waals surface area contributed by atoms with E-state index in [0.29, 0.717) is 11.5 Å². The summed E-state index contributed by atoms with van der Waals surface area (Å²) in [5.41, 5.74) is 2.73. The molecule has 1 heterocycles. The standard InChI is InChI=1S/C15H15N3S/c16-9-12-6-7-13-14(8-12)18(15(19)17-13)10-11-4-2-1-3-5-11/h1-2,6-8,11H,3-5,10H2,(H,17,19). The van der Waals surface area contributed by atoms with Crippen LogP contribution in [0, 0.1) is 22.0 Å². The number of aromatic nitrogens is 2. The van der Waals surface area contributed by atoms with Gasteiger partial charge in [-0.3, -0.25) is 0 Å². The van der Waals surface area contributed by atoms with E-state index in [4.69, 9.17) is 17.5 Å². The molecule has 0 fully saturated rings. The van der Waals surface area contributed by atoms with Crippen molar-refractivity contribution in [3.8, 4) is 6.07 Å². The Morgan fingerprint density at radius 2 is 2.32 bits per heavy atom. The van der Waals surface area contributed by atoms with Gasteiger partial charge in [0.15, 0.2) is 4.77 Å². The predicted molar refractivity (Wildman–Crippen MR) is 78.3 cm³/mol. The third kappa shape index (κ3) is 2.34. The molecule has 0 amide bonds. The van der Waals surface area contributed by atoms with E-state index in [0.717, 1.165) is 35.2 Å². The zero-order chi connectivity index (χ0) is 13.2. The number of imidazole rings is 1. The normalized spacial score (nSPS) is 18.6. The maximum Gasteiger partial charge on any atom is 0.178 e. The molecule has 1 aromatic heterocycles. The summed E-state index contributed by atoms with van der Waals surface area (Å²) in [5, 5.41) is 9.01. The van der Waals surface area contributed by atoms with Crippen LogP contribution in [-0.4, -0.2) is 9.55 Å². The van der Waals surface area contributed by atoms with Gasteiger partial charge in [0.25, 0.3) is 0 Å². The van der Waals surface area contributed by atoms with Crippen molar-refractivity contribution in [3.05, 3.63) is 40.7 Å². The summed E-state index contributed by atoms with van der Waals surface area (Å²) in [4.78, 5) is 3.22. The topological polar surface area (TPSA) is 44.5 Å². The summed E-state index contributed by atoms with van der Waals surface area (Å²) in [6, 6.07) is 7.86. The average molecular weight is 269 g/mol. The molecule has 1 unspecified atom stereocenters. The Bertz CT molecular complexity index is 730. The van der Waals surface area contributed by atoms with Crippen LogP contribution in [0.25, 0.3) is 11.0 Å². The monoisotopic (exact) mass is 269 g/mol. The van der Waals surface area contributed by atoms with Crippen LogP contribution < -0.4 is 0 Å². The molecule has 0 radical (unpaired) electrons. The number of H-pyrrole nitrogens is 1. The second kappa shape index (κ2) is 5.02. The van der Waals surface area contributed by atoms with E-state index in [1.165, 1.54) is 6.42 Å². The summed E-state index contributed by atoms with van der Waals surface area (Å²) in [6.45, 7) is 0.929. The number of fused-ring (bicyclic) bond motifs is 1. The van der Waals surface area contributed by atoms with Crippen molar-refractivity contribution in [2.45, 2.75) is 25.8 Å². The Kier molecular flexibility index (Phi) is 3.22. The first kappa shape index (κ1) is 12.2. The van der Waals surface area contributed by atoms with Crippen LogP contribution in [0.3, 0.4) is 0 Å². The minimum Gasteiger partial charge on any atom is -0.331 e. The van der Waals surface area contributed by atoms with Crippen molar-refractivity contribution in [2.24, 2.45) is 5.92 Å². The first-order chi connectivity index (χ1) is 9.28. The fourth-order valence-corrected chi connectivity index (χ4v) is 2.97. The highest BCUT2D eigenvalue weighted by atomic mass is 32.1. The third-order valence-electron chi connectivity index (χ3n) is 3.72. The number of allylic oxidation sites excluding steroid dienone is 2. The van der Waals surface area contributed by atoms with Crippen molar-refractivity contribution in [2.75, 3.05) is 0 Å². The molecule has 0 spiro atoms. The van der Waals surface area contributed by atoms with Crippen molar-refractivity contribution in [3.63, 3.8) is 0 Å². The Labute approximate surface area is 117 Å². The largest absolute Gasteiger partial charge is 0.331 e. The molecule has 19 heavy (non-hydrogen) atoms. The second-order valence-electron chi connectivity index (χ2n) is 5.03. The number of nitriles is 1. The fourth-order valence-electron chi connectivity index (χ4n) is 2.68. The molecule has 0 bridgehead atoms. The smallest absolute Gasteiger partial charge is 0.178 e. The number of hydrogen-bond acceptors (Lipinski definition) is 2. The highest BCUT2D eigenvalue weighted by Gasteiger charge is 2.13. The lowest BCUT2D eigenvalue weighted by Crippen LogP contribution is -2.12. The number of hydrogen-bond donors (Lipinski definition) is 1. The van der Waals surface area contributed by atoms with Crippen molar-refractivity contribution < 1.29 is 0 Å². The zero-order valence-electron chi connectivity index (χ0n) is 10.6. The number of benzene rings is 1. The van der Waals surface area contributed by atoms with E-state index in [-0.39, 0.29) is 0 Å². The molecule has 1 aromatic carbocycles. The number of rotatable bonds is 2. The van der Waals surface area contributed by atoms with Gasteiger partial charge in [-0.15, -0.1) is 0 Å². The minimum atomic E-state index is 0.640. The first-order valence-electron chi connectivity index (χ1n) is 6.55. The van der Waals surface area contributed by atoms with E-state index in [2.05, 4.69) is 27.8 Å². The molecule has 3 nitrogen and oxygen atoms in total. The fraction of sp³-hybridized carbons (Fsp3) is 0.333. The molecule has 0 saturated heterocycles. The Balaban J connectivity index is 2.02. The molecule has 0 saturated carbocycles. The van der Waals surface area contributed by atoms with E-state index in [1.54, 1.807) is 0 Å². The van der Waals surface area contributed by atoms with Gasteiger partial charge in [0.2, 0.25) is 0 Å². The van der Waals surface area contributed by atoms with Gasteiger partial charge >= 0.3 is 0 Å². The summed E-state index contributed by atoms with van der Waals surface area (Å²) >= 11 is 5.41. The summed E-state index contributed by atoms with van der Waals surface area (Å²) in [6.07, 6.45) is 7.99. The average Bonchev–Trinajstić information content (AvgIpc) is 2.76. The number of nitrogens with one attached hydrogen (secondary N) is 1. The van der Waals surface area contributed by atoms with Crippen LogP contribution in [0.4, 0.5) is 0 Å². The van der Waals surface area contributed by atoms with Gasteiger partial charge in [0.1, 0.15) is 0 Å². The molecule has 0 aliphatic heterocycles. The summed E-state index contributed by atoms with van der Waals surface area (Å²) in [5.74, 6) is 0.640. The molecular formula is C15H15N3S. The van der Waals surface area contributed by atoms with Crippen LogP contribution in [0.15, 0.2) is 30.4 Å². The highest BCUT2D eigenvalue weighted by Crippen LogP contribution is 2.23. The molecule has 96 valence electrons. The van der Waals surface area contributed by atoms with Gasteiger partial charge in [-0.05, 0) is 55.6 Å². The first-order valence-corrected chi connectivity index (χ1v) is 6.96. The molecule has 1 N–H and O–H groups in total. The van der Waals surface area contributed by atoms with E-state index < -0.39 is 0 Å². The summed E-state index contributed by atoms with van der Waals surface area (Å²) < 4.78 is 2.88. The van der Waals surface area contributed by atoms with Crippen LogP contribution in [0.2, 0.25) is 0 Å². The Hall–Kier alpha value is -1.86. The lowest BCUT2D eigenvalue weighted by Gasteiger charge is -2.18. The van der Waals surface area contributed by atoms with Crippen LogP contribution in [0.1, 0.15) is 24.8 Å². The van der Waals surface area contributed by atoms with E-state index in [9.17, 15) is 0 Å². The summed E-state index contributed by atoms with van der Waals surface area (Å²) in [7, 11) is 0. The van der Waals surface area contributed by atoms with Crippen molar-refractivity contribution in [1.29, 1.82) is 5.26 Å². The van der Waals surface area contributed by atoms with Gasteiger partial charge in [0.05, 0.1) is 22.7 Å². The molecular weight excluding hydrogens is 254 g/mol. The van der Waals surface area contributed by atoms with Crippen molar-refractivity contribution in [1.82, 2.24) is 9.55 Å². The van der Waals surface area contributed by atoms with Gasteiger partial charge in [-0.2, -0.15) is 5.26 Å². The predicted octanol–water partition coefficient (Wildman–Crippen LogP) is 3.93. The third-order valence-corrected chi connectivity index (χ3v) is 4.05. The molecule has 1 atom stereocenters. The molecule has 1 aliphatic carbocycles. The lowest BCUT2D eigenvalue weighted by atomic mass is 9.94. The maximum absolute atomic E-state index is 9.01. The van der Waals surface area contributed by atoms with Crippen molar-refractivity contribution >= 4 is 23.3 Å². The van der Waals surface area contributed by atoms with Crippen LogP contribution >= 0.6 is 12.2 Å². The Morgan fingerprint density at radius 1 is 1.42 bits per heavy atom. The number of aromatic amines is 1. The van der Waals surface area contributed by atoms with Crippen LogP contribution in [-0.2, 0) is 6.54 Å². The van der Waals surface area contributed by atoms with Crippen LogP contribution in [0.5, 0.6) is 0 Å². The molecule has 2 aromatic rings. The zero-order valence-corrected chi connectivity index (χ0v) is 11.4. The van der Waals surface area contributed by atoms with E-state index in [1.807, 2.05) is 18.2 Å². The SMILES string of the molecule is N#Cc1ccc2[nH]c(=S)n(CC3CC=CCC3)c2c1. The number of nitrogens with zero attached hydrogens (tertiary/aromatic N) is 2. The van der Waals surface area contributed by atoms with Gasteiger partial charge in [-0.1, -0.05) is 12.2 Å². The maximum atomic E-state index is 9.01. The molecule has 1 aliphatic rings.